The minimum Gasteiger partial charge on any atom is -0.386 e. The summed E-state index contributed by atoms with van der Waals surface area (Å²) in [7, 11) is 0. The maximum atomic E-state index is 12.3. The molecule has 2 rings (SSSR count). The Morgan fingerprint density at radius 3 is 2.55 bits per heavy atom. The molecular weight excluding hydrogens is 275 g/mol. The van der Waals surface area contributed by atoms with Crippen LogP contribution in [-0.4, -0.2) is 27.4 Å². The number of nitrogens with zero attached hydrogens (tertiary/aromatic N) is 1. The van der Waals surface area contributed by atoms with Crippen LogP contribution in [0.15, 0.2) is 18.3 Å². The molecule has 0 saturated carbocycles. The van der Waals surface area contributed by atoms with Crippen molar-refractivity contribution in [1.82, 2.24) is 10.2 Å². The number of fused-ring (bicyclic) bond motifs is 1. The Morgan fingerprint density at radius 1 is 1.35 bits per heavy atom. The Labute approximate surface area is 111 Å². The van der Waals surface area contributed by atoms with Crippen LogP contribution >= 0.6 is 0 Å². The largest absolute Gasteiger partial charge is 0.471 e. The number of anilines is 1. The van der Waals surface area contributed by atoms with Gasteiger partial charge in [0.05, 0.1) is 17.3 Å². The normalized spacial score (nSPS) is 12.7. The minimum absolute atomic E-state index is 0.103. The summed E-state index contributed by atoms with van der Waals surface area (Å²) in [4.78, 5) is 11.0. The van der Waals surface area contributed by atoms with Crippen LogP contribution in [0.1, 0.15) is 19.4 Å². The SMILES string of the molecule is CC(C)(O)c1cc2[nH]ncc2cc1NC(=O)C(F)(F)F. The van der Waals surface area contributed by atoms with E-state index in [1.54, 1.807) is 5.32 Å². The van der Waals surface area contributed by atoms with Crippen LogP contribution in [0.4, 0.5) is 18.9 Å². The zero-order chi connectivity index (χ0) is 15.1. The second-order valence-electron chi connectivity index (χ2n) is 4.87. The number of rotatable bonds is 2. The van der Waals surface area contributed by atoms with Crippen molar-refractivity contribution in [2.45, 2.75) is 25.6 Å². The molecule has 0 bridgehead atoms. The van der Waals surface area contributed by atoms with E-state index in [-0.39, 0.29) is 11.3 Å². The van der Waals surface area contributed by atoms with Crippen molar-refractivity contribution in [1.29, 1.82) is 0 Å². The van der Waals surface area contributed by atoms with Crippen molar-refractivity contribution in [3.8, 4) is 0 Å². The first-order chi connectivity index (χ1) is 9.09. The predicted molar refractivity (Wildman–Crippen MR) is 66.0 cm³/mol. The molecule has 1 aromatic heterocycles. The minimum atomic E-state index is -5.00. The van der Waals surface area contributed by atoms with E-state index in [2.05, 4.69) is 10.2 Å². The number of aliphatic hydroxyl groups is 1. The van der Waals surface area contributed by atoms with Gasteiger partial charge in [0.1, 0.15) is 0 Å². The summed E-state index contributed by atoms with van der Waals surface area (Å²) in [5, 5.41) is 18.7. The van der Waals surface area contributed by atoms with E-state index in [1.165, 1.54) is 32.2 Å². The van der Waals surface area contributed by atoms with Gasteiger partial charge in [0, 0.05) is 16.6 Å². The fourth-order valence-corrected chi connectivity index (χ4v) is 1.79. The molecule has 1 aromatic carbocycles. The number of carbonyl (C=O) groups excluding carboxylic acids is 1. The monoisotopic (exact) mass is 287 g/mol. The van der Waals surface area contributed by atoms with Crippen LogP contribution < -0.4 is 5.32 Å². The van der Waals surface area contributed by atoms with Crippen molar-refractivity contribution < 1.29 is 23.1 Å². The van der Waals surface area contributed by atoms with Crippen LogP contribution in [-0.2, 0) is 10.4 Å². The number of benzene rings is 1. The number of nitrogens with one attached hydrogen (secondary N) is 2. The molecule has 0 fully saturated rings. The van der Waals surface area contributed by atoms with E-state index in [4.69, 9.17) is 0 Å². The van der Waals surface area contributed by atoms with E-state index in [0.717, 1.165) is 0 Å². The lowest BCUT2D eigenvalue weighted by Crippen LogP contribution is -2.31. The van der Waals surface area contributed by atoms with Gasteiger partial charge in [-0.2, -0.15) is 18.3 Å². The second-order valence-corrected chi connectivity index (χ2v) is 4.87. The third-order valence-electron chi connectivity index (χ3n) is 2.74. The molecular formula is C12H12F3N3O2. The van der Waals surface area contributed by atoms with Crippen LogP contribution in [0.25, 0.3) is 10.9 Å². The summed E-state index contributed by atoms with van der Waals surface area (Å²) in [6, 6.07) is 2.78. The lowest BCUT2D eigenvalue weighted by Gasteiger charge is -2.22. The summed E-state index contributed by atoms with van der Waals surface area (Å²) >= 11 is 0. The maximum absolute atomic E-state index is 12.3. The molecule has 0 spiro atoms. The number of aromatic amines is 1. The Kier molecular flexibility index (Phi) is 3.21. The average molecular weight is 287 g/mol. The zero-order valence-electron chi connectivity index (χ0n) is 10.7. The quantitative estimate of drug-likeness (QED) is 0.793. The maximum Gasteiger partial charge on any atom is 0.471 e. The number of aromatic nitrogens is 2. The lowest BCUT2D eigenvalue weighted by atomic mass is 9.95. The Hall–Kier alpha value is -2.09. The van der Waals surface area contributed by atoms with Gasteiger partial charge in [-0.3, -0.25) is 9.89 Å². The van der Waals surface area contributed by atoms with Gasteiger partial charge in [-0.25, -0.2) is 0 Å². The van der Waals surface area contributed by atoms with Gasteiger partial charge < -0.3 is 10.4 Å². The Morgan fingerprint density at radius 2 is 2.00 bits per heavy atom. The molecule has 0 atom stereocenters. The number of hydrogen-bond donors (Lipinski definition) is 3. The number of carbonyl (C=O) groups is 1. The van der Waals surface area contributed by atoms with E-state index < -0.39 is 17.7 Å². The zero-order valence-corrected chi connectivity index (χ0v) is 10.7. The van der Waals surface area contributed by atoms with Crippen LogP contribution in [0, 0.1) is 0 Å². The number of halogens is 3. The standard InChI is InChI=1S/C12H12F3N3O2/c1-11(2,20)7-4-8-6(5-16-18-8)3-9(7)17-10(19)12(13,14)15/h3-5,20H,1-2H3,(H,16,18)(H,17,19). The molecule has 0 aliphatic heterocycles. The molecule has 20 heavy (non-hydrogen) atoms. The highest BCUT2D eigenvalue weighted by Crippen LogP contribution is 2.32. The summed E-state index contributed by atoms with van der Waals surface area (Å²) in [6.45, 7) is 2.82. The van der Waals surface area contributed by atoms with Gasteiger partial charge >= 0.3 is 12.1 Å². The molecule has 0 radical (unpaired) electrons. The molecule has 5 nitrogen and oxygen atoms in total. The number of amides is 1. The molecule has 2 aromatic rings. The smallest absolute Gasteiger partial charge is 0.386 e. The number of H-pyrrole nitrogens is 1. The third kappa shape index (κ3) is 2.74. The molecule has 1 heterocycles. The summed E-state index contributed by atoms with van der Waals surface area (Å²) < 4.78 is 37.0. The van der Waals surface area contributed by atoms with Gasteiger partial charge in [-0.15, -0.1) is 0 Å². The molecule has 0 unspecified atom stereocenters. The number of hydrogen-bond acceptors (Lipinski definition) is 3. The van der Waals surface area contributed by atoms with E-state index in [1.807, 2.05) is 0 Å². The summed E-state index contributed by atoms with van der Waals surface area (Å²) in [5.74, 6) is -2.09. The number of alkyl halides is 3. The van der Waals surface area contributed by atoms with Crippen LogP contribution in [0.5, 0.6) is 0 Å². The summed E-state index contributed by atoms with van der Waals surface area (Å²) in [6.07, 6.45) is -3.59. The van der Waals surface area contributed by atoms with Crippen LogP contribution in [0.3, 0.4) is 0 Å². The molecule has 1 amide bonds. The van der Waals surface area contributed by atoms with Crippen molar-refractivity contribution in [2.24, 2.45) is 0 Å². The second kappa shape index (κ2) is 4.48. The topological polar surface area (TPSA) is 78.0 Å². The molecule has 8 heteroatoms. The van der Waals surface area contributed by atoms with Gasteiger partial charge in [-0.05, 0) is 26.0 Å². The highest BCUT2D eigenvalue weighted by atomic mass is 19.4. The van der Waals surface area contributed by atoms with E-state index in [0.29, 0.717) is 10.9 Å². The van der Waals surface area contributed by atoms with Gasteiger partial charge in [0.15, 0.2) is 0 Å². The highest BCUT2D eigenvalue weighted by molar-refractivity contribution is 5.98. The lowest BCUT2D eigenvalue weighted by molar-refractivity contribution is -0.167. The van der Waals surface area contributed by atoms with Gasteiger partial charge in [-0.1, -0.05) is 0 Å². The van der Waals surface area contributed by atoms with E-state index in [9.17, 15) is 23.1 Å². The molecule has 0 saturated heterocycles. The van der Waals surface area contributed by atoms with Crippen molar-refractivity contribution >= 4 is 22.5 Å². The molecule has 108 valence electrons. The third-order valence-corrected chi connectivity index (χ3v) is 2.74. The fourth-order valence-electron chi connectivity index (χ4n) is 1.79. The Bertz CT molecular complexity index is 656. The first kappa shape index (κ1) is 14.3. The first-order valence-electron chi connectivity index (χ1n) is 5.67. The first-order valence-corrected chi connectivity index (χ1v) is 5.67. The summed E-state index contributed by atoms with van der Waals surface area (Å²) in [5.41, 5.74) is -0.819. The van der Waals surface area contributed by atoms with Gasteiger partial charge in [0.2, 0.25) is 0 Å². The van der Waals surface area contributed by atoms with Crippen molar-refractivity contribution in [3.63, 3.8) is 0 Å². The molecule has 0 aliphatic rings. The molecule has 0 aliphatic carbocycles. The van der Waals surface area contributed by atoms with Crippen molar-refractivity contribution in [2.75, 3.05) is 5.32 Å². The highest BCUT2D eigenvalue weighted by Gasteiger charge is 2.39. The molecule has 3 N–H and O–H groups in total. The fraction of sp³-hybridized carbons (Fsp3) is 0.333. The van der Waals surface area contributed by atoms with Crippen LogP contribution in [0.2, 0.25) is 0 Å². The predicted octanol–water partition coefficient (Wildman–Crippen LogP) is 2.29. The van der Waals surface area contributed by atoms with E-state index >= 15 is 0 Å². The van der Waals surface area contributed by atoms with Gasteiger partial charge in [0.25, 0.3) is 0 Å². The van der Waals surface area contributed by atoms with Crippen molar-refractivity contribution in [3.05, 3.63) is 23.9 Å². The Balaban J connectivity index is 2.52. The average Bonchev–Trinajstić information content (AvgIpc) is 2.72.